The lowest BCUT2D eigenvalue weighted by atomic mass is 10.2. The Hall–Kier alpha value is -1.42. The predicted molar refractivity (Wildman–Crippen MR) is 88.4 cm³/mol. The number of alkyl halides is 1. The van der Waals surface area contributed by atoms with E-state index in [1.165, 1.54) is 19.3 Å². The molecule has 1 aromatic rings. The topological polar surface area (TPSA) is 50.4 Å². The minimum absolute atomic E-state index is 0.0580. The normalized spacial score (nSPS) is 11.8. The first-order valence-electron chi connectivity index (χ1n) is 7.52. The van der Waals surface area contributed by atoms with Gasteiger partial charge in [-0.05, 0) is 37.6 Å². The lowest BCUT2D eigenvalue weighted by molar-refractivity contribution is 0.250. The van der Waals surface area contributed by atoms with E-state index in [9.17, 15) is 4.79 Å². The van der Waals surface area contributed by atoms with Crippen molar-refractivity contribution in [2.75, 3.05) is 17.8 Å². The molecule has 0 saturated carbocycles. The summed E-state index contributed by atoms with van der Waals surface area (Å²) in [6, 6.07) is 7.06. The van der Waals surface area contributed by atoms with Gasteiger partial charge in [0.15, 0.2) is 0 Å². The fraction of sp³-hybridized carbons (Fsp3) is 0.562. The van der Waals surface area contributed by atoms with Crippen molar-refractivity contribution in [3.05, 3.63) is 24.3 Å². The molecule has 0 aliphatic rings. The van der Waals surface area contributed by atoms with Crippen LogP contribution in [-0.2, 0) is 0 Å². The van der Waals surface area contributed by atoms with Crippen molar-refractivity contribution in [2.24, 2.45) is 0 Å². The Morgan fingerprint density at radius 3 is 2.57 bits per heavy atom. The number of hydrogen-bond acceptors (Lipinski definition) is 2. The zero-order valence-corrected chi connectivity index (χ0v) is 13.6. The molecular formula is C16H25ClN2O2. The summed E-state index contributed by atoms with van der Waals surface area (Å²) in [5.74, 6) is 1.21. The predicted octanol–water partition coefficient (Wildman–Crippen LogP) is 4.39. The average Bonchev–Trinajstić information content (AvgIpc) is 2.48. The van der Waals surface area contributed by atoms with Gasteiger partial charge in [-0.15, -0.1) is 11.6 Å². The van der Waals surface area contributed by atoms with Crippen molar-refractivity contribution in [1.29, 1.82) is 0 Å². The van der Waals surface area contributed by atoms with Gasteiger partial charge in [0.1, 0.15) is 5.75 Å². The summed E-state index contributed by atoms with van der Waals surface area (Å²) in [6.45, 7) is 4.78. The standard InChI is InChI=1S/C16H25ClN2O2/c1-3-4-5-6-11-21-15-9-7-14(8-10-15)19-16(20)18-13(2)12-17/h7-10,13H,3-6,11-12H2,1-2H3,(H2,18,19,20). The van der Waals surface area contributed by atoms with Crippen molar-refractivity contribution < 1.29 is 9.53 Å². The Balaban J connectivity index is 2.31. The molecule has 2 amide bonds. The quantitative estimate of drug-likeness (QED) is 0.524. The molecule has 0 fully saturated rings. The van der Waals surface area contributed by atoms with E-state index in [1.807, 2.05) is 31.2 Å². The lowest BCUT2D eigenvalue weighted by Crippen LogP contribution is -2.37. The lowest BCUT2D eigenvalue weighted by Gasteiger charge is -2.12. The number of rotatable bonds is 9. The number of benzene rings is 1. The van der Waals surface area contributed by atoms with Crippen LogP contribution in [0.5, 0.6) is 5.75 Å². The summed E-state index contributed by atoms with van der Waals surface area (Å²) in [4.78, 5) is 11.6. The van der Waals surface area contributed by atoms with Crippen molar-refractivity contribution in [3.8, 4) is 5.75 Å². The Morgan fingerprint density at radius 1 is 1.24 bits per heavy atom. The number of amides is 2. The highest BCUT2D eigenvalue weighted by Gasteiger charge is 2.06. The monoisotopic (exact) mass is 312 g/mol. The van der Waals surface area contributed by atoms with Gasteiger partial charge in [-0.3, -0.25) is 0 Å². The zero-order valence-electron chi connectivity index (χ0n) is 12.8. The fourth-order valence-corrected chi connectivity index (χ4v) is 1.86. The number of anilines is 1. The van der Waals surface area contributed by atoms with Crippen molar-refractivity contribution in [2.45, 2.75) is 45.6 Å². The maximum absolute atomic E-state index is 11.6. The van der Waals surface area contributed by atoms with Gasteiger partial charge in [-0.1, -0.05) is 26.2 Å². The number of unbranched alkanes of at least 4 members (excludes halogenated alkanes) is 3. The molecule has 0 spiro atoms. The van der Waals surface area contributed by atoms with Crippen LogP contribution < -0.4 is 15.4 Å². The Bertz CT molecular complexity index is 409. The molecule has 1 atom stereocenters. The molecule has 0 aliphatic carbocycles. The van der Waals surface area contributed by atoms with Crippen molar-refractivity contribution >= 4 is 23.3 Å². The Morgan fingerprint density at radius 2 is 1.95 bits per heavy atom. The smallest absolute Gasteiger partial charge is 0.319 e. The molecule has 118 valence electrons. The first-order valence-corrected chi connectivity index (χ1v) is 8.05. The summed E-state index contributed by atoms with van der Waals surface area (Å²) in [5.41, 5.74) is 0.729. The van der Waals surface area contributed by atoms with Gasteiger partial charge < -0.3 is 15.4 Å². The minimum atomic E-state index is -0.253. The van der Waals surface area contributed by atoms with Crippen LogP contribution in [0.2, 0.25) is 0 Å². The van der Waals surface area contributed by atoms with Crippen molar-refractivity contribution in [3.63, 3.8) is 0 Å². The molecule has 0 saturated heterocycles. The number of carbonyl (C=O) groups is 1. The molecule has 1 rings (SSSR count). The molecule has 0 heterocycles. The highest BCUT2D eigenvalue weighted by Crippen LogP contribution is 2.16. The number of ether oxygens (including phenoxy) is 1. The highest BCUT2D eigenvalue weighted by atomic mass is 35.5. The van der Waals surface area contributed by atoms with Gasteiger partial charge in [-0.2, -0.15) is 0 Å². The number of hydrogen-bond donors (Lipinski definition) is 2. The molecule has 4 nitrogen and oxygen atoms in total. The van der Waals surface area contributed by atoms with E-state index in [0.29, 0.717) is 5.88 Å². The van der Waals surface area contributed by atoms with Crippen LogP contribution in [-0.4, -0.2) is 24.6 Å². The zero-order chi connectivity index (χ0) is 15.5. The van der Waals surface area contributed by atoms with E-state index in [1.54, 1.807) is 0 Å². The highest BCUT2D eigenvalue weighted by molar-refractivity contribution is 6.18. The Labute approximate surface area is 132 Å². The molecule has 0 bridgehead atoms. The SMILES string of the molecule is CCCCCCOc1ccc(NC(=O)NC(C)CCl)cc1. The summed E-state index contributed by atoms with van der Waals surface area (Å²) < 4.78 is 5.65. The van der Waals surface area contributed by atoms with E-state index >= 15 is 0 Å². The van der Waals surface area contributed by atoms with Gasteiger partial charge in [0.25, 0.3) is 0 Å². The molecule has 21 heavy (non-hydrogen) atoms. The van der Waals surface area contributed by atoms with Gasteiger partial charge >= 0.3 is 6.03 Å². The molecule has 5 heteroatoms. The molecule has 1 aromatic carbocycles. The summed E-state index contributed by atoms with van der Waals surface area (Å²) in [5, 5.41) is 5.49. The van der Waals surface area contributed by atoms with Gasteiger partial charge in [0, 0.05) is 17.6 Å². The maximum Gasteiger partial charge on any atom is 0.319 e. The third-order valence-corrected chi connectivity index (χ3v) is 3.45. The van der Waals surface area contributed by atoms with Crippen LogP contribution in [0.1, 0.15) is 39.5 Å². The molecule has 0 aromatic heterocycles. The molecule has 2 N–H and O–H groups in total. The Kier molecular flexibility index (Phi) is 8.67. The van der Waals surface area contributed by atoms with Gasteiger partial charge in [0.2, 0.25) is 0 Å². The minimum Gasteiger partial charge on any atom is -0.494 e. The largest absolute Gasteiger partial charge is 0.494 e. The van der Waals surface area contributed by atoms with E-state index < -0.39 is 0 Å². The number of carbonyl (C=O) groups excluding carboxylic acids is 1. The second kappa shape index (κ2) is 10.3. The van der Waals surface area contributed by atoms with Crippen molar-refractivity contribution in [1.82, 2.24) is 5.32 Å². The summed E-state index contributed by atoms with van der Waals surface area (Å²) in [7, 11) is 0. The van der Waals surface area contributed by atoms with Gasteiger partial charge in [0.05, 0.1) is 6.61 Å². The second-order valence-corrected chi connectivity index (χ2v) is 5.40. The molecule has 1 unspecified atom stereocenters. The third kappa shape index (κ3) is 7.81. The maximum atomic E-state index is 11.6. The van der Waals surface area contributed by atoms with Crippen LogP contribution in [0.3, 0.4) is 0 Å². The van der Waals surface area contributed by atoms with Crippen LogP contribution in [0.25, 0.3) is 0 Å². The van der Waals surface area contributed by atoms with Gasteiger partial charge in [-0.25, -0.2) is 4.79 Å². The van der Waals surface area contributed by atoms with Crippen LogP contribution >= 0.6 is 11.6 Å². The third-order valence-electron chi connectivity index (χ3n) is 2.99. The van der Waals surface area contributed by atoms with Crippen LogP contribution in [0.4, 0.5) is 10.5 Å². The summed E-state index contributed by atoms with van der Waals surface area (Å²) in [6.07, 6.45) is 4.76. The molecule has 0 radical (unpaired) electrons. The van der Waals surface area contributed by atoms with E-state index in [4.69, 9.17) is 16.3 Å². The average molecular weight is 313 g/mol. The first-order chi connectivity index (χ1) is 10.2. The first kappa shape index (κ1) is 17.6. The fourth-order valence-electron chi connectivity index (χ4n) is 1.78. The summed E-state index contributed by atoms with van der Waals surface area (Å²) >= 11 is 5.64. The van der Waals surface area contributed by atoms with E-state index in [-0.39, 0.29) is 12.1 Å². The second-order valence-electron chi connectivity index (χ2n) is 5.09. The van der Waals surface area contributed by atoms with Crippen LogP contribution in [0.15, 0.2) is 24.3 Å². The number of urea groups is 1. The van der Waals surface area contributed by atoms with E-state index in [2.05, 4.69) is 17.6 Å². The molecular weight excluding hydrogens is 288 g/mol. The number of halogens is 1. The number of nitrogens with one attached hydrogen (secondary N) is 2. The molecule has 0 aliphatic heterocycles. The van der Waals surface area contributed by atoms with E-state index in [0.717, 1.165) is 24.5 Å². The van der Waals surface area contributed by atoms with Crippen LogP contribution in [0, 0.1) is 0 Å².